The largest absolute Gasteiger partial charge is 0.280 e. The lowest BCUT2D eigenvalue weighted by Gasteiger charge is -2.11. The molecule has 1 aromatic carbocycles. The monoisotopic (exact) mass is 362 g/mol. The minimum Gasteiger partial charge on any atom is -0.280 e. The molecule has 122 valence electrons. The van der Waals surface area contributed by atoms with Gasteiger partial charge in [0.05, 0.1) is 11.9 Å². The quantitative estimate of drug-likeness (QED) is 0.491. The van der Waals surface area contributed by atoms with Gasteiger partial charge in [-0.15, -0.1) is 29.1 Å². The van der Waals surface area contributed by atoms with Crippen molar-refractivity contribution in [3.8, 4) is 34.2 Å². The van der Waals surface area contributed by atoms with Crippen LogP contribution in [-0.4, -0.2) is 9.55 Å². The van der Waals surface area contributed by atoms with E-state index >= 15 is 0 Å². The van der Waals surface area contributed by atoms with Gasteiger partial charge in [-0.1, -0.05) is 35.7 Å². The van der Waals surface area contributed by atoms with Crippen LogP contribution in [0.5, 0.6) is 0 Å². The summed E-state index contributed by atoms with van der Waals surface area (Å²) in [6, 6.07) is 12.0. The van der Waals surface area contributed by atoms with Crippen LogP contribution in [0.25, 0.3) is 32.0 Å². The van der Waals surface area contributed by atoms with Crippen LogP contribution in [0.3, 0.4) is 0 Å². The molecule has 5 heteroatoms. The van der Waals surface area contributed by atoms with Crippen molar-refractivity contribution in [1.82, 2.24) is 9.55 Å². The highest BCUT2D eigenvalue weighted by Gasteiger charge is 2.18. The predicted molar refractivity (Wildman–Crippen MR) is 106 cm³/mol. The van der Waals surface area contributed by atoms with E-state index in [4.69, 9.17) is 11.4 Å². The Morgan fingerprint density at radius 3 is 2.84 bits per heavy atom. The van der Waals surface area contributed by atoms with Gasteiger partial charge in [-0.05, 0) is 24.4 Å². The fourth-order valence-corrected chi connectivity index (χ4v) is 4.63. The molecule has 0 amide bonds. The summed E-state index contributed by atoms with van der Waals surface area (Å²) in [7, 11) is 0. The Balaban J connectivity index is 2.04. The third kappa shape index (κ3) is 2.70. The van der Waals surface area contributed by atoms with Crippen LogP contribution < -0.4 is 5.56 Å². The fraction of sp³-hybridized carbons (Fsp3) is 0.100. The Morgan fingerprint density at radius 2 is 2.12 bits per heavy atom. The molecular weight excluding hydrogens is 348 g/mol. The molecule has 3 heterocycles. The average Bonchev–Trinajstić information content (AvgIpc) is 3.26. The van der Waals surface area contributed by atoms with Gasteiger partial charge in [0, 0.05) is 21.4 Å². The maximum Gasteiger partial charge on any atom is 0.264 e. The molecule has 0 unspecified atom stereocenters. The average molecular weight is 362 g/mol. The molecule has 25 heavy (non-hydrogen) atoms. The van der Waals surface area contributed by atoms with Crippen molar-refractivity contribution in [3.05, 3.63) is 63.1 Å². The van der Waals surface area contributed by atoms with Crippen molar-refractivity contribution in [1.29, 1.82) is 0 Å². The molecule has 0 fully saturated rings. The summed E-state index contributed by atoms with van der Waals surface area (Å²) in [6.45, 7) is 2.22. The second-order valence-corrected chi connectivity index (χ2v) is 7.51. The molecule has 0 N–H and O–H groups in total. The number of hydrogen-bond acceptors (Lipinski definition) is 4. The number of aromatic nitrogens is 2. The van der Waals surface area contributed by atoms with Gasteiger partial charge in [0.2, 0.25) is 0 Å². The smallest absolute Gasteiger partial charge is 0.264 e. The van der Waals surface area contributed by atoms with Crippen LogP contribution in [0.2, 0.25) is 0 Å². The summed E-state index contributed by atoms with van der Waals surface area (Å²) < 4.78 is 1.60. The molecule has 3 aromatic heterocycles. The zero-order valence-corrected chi connectivity index (χ0v) is 15.2. The van der Waals surface area contributed by atoms with Gasteiger partial charge < -0.3 is 0 Å². The number of rotatable bonds is 3. The first-order valence-electron chi connectivity index (χ1n) is 7.75. The van der Waals surface area contributed by atoms with Gasteiger partial charge >= 0.3 is 0 Å². The van der Waals surface area contributed by atoms with Crippen molar-refractivity contribution in [2.45, 2.75) is 13.5 Å². The zero-order chi connectivity index (χ0) is 17.4. The minimum absolute atomic E-state index is 0.0795. The summed E-state index contributed by atoms with van der Waals surface area (Å²) in [5, 5.41) is 4.66. The highest BCUT2D eigenvalue weighted by atomic mass is 32.1. The third-order valence-corrected chi connectivity index (χ3v) is 5.78. The molecule has 0 bridgehead atoms. The van der Waals surface area contributed by atoms with Crippen LogP contribution in [-0.2, 0) is 6.54 Å². The van der Waals surface area contributed by atoms with Crippen LogP contribution >= 0.6 is 22.7 Å². The predicted octanol–water partition coefficient (Wildman–Crippen LogP) is 4.80. The highest BCUT2D eigenvalue weighted by molar-refractivity contribution is 7.18. The standard InChI is InChI=1S/C20H14N2OS2/c1-3-9-22-18(14-7-4-6-13(2)11-14)21-19-17(20(22)23)15(12-25-19)16-8-5-10-24-16/h1,4-8,10-12H,9H2,2H3. The topological polar surface area (TPSA) is 34.9 Å². The SMILES string of the molecule is C#CCn1c(-c2cccc(C)c2)nc2scc(-c3cccs3)c2c1=O. The Labute approximate surface area is 153 Å². The van der Waals surface area contributed by atoms with E-state index in [2.05, 4.69) is 5.92 Å². The first-order valence-corrected chi connectivity index (χ1v) is 9.51. The van der Waals surface area contributed by atoms with Gasteiger partial charge in [0.15, 0.2) is 0 Å². The molecule has 0 saturated carbocycles. The molecule has 0 saturated heterocycles. The fourth-order valence-electron chi connectivity index (χ4n) is 2.88. The lowest BCUT2D eigenvalue weighted by Crippen LogP contribution is -2.22. The van der Waals surface area contributed by atoms with Gasteiger partial charge in [0.25, 0.3) is 5.56 Å². The third-order valence-electron chi connectivity index (χ3n) is 4.01. The molecule has 0 aliphatic rings. The second-order valence-electron chi connectivity index (χ2n) is 5.71. The van der Waals surface area contributed by atoms with E-state index < -0.39 is 0 Å². The first-order chi connectivity index (χ1) is 12.2. The molecule has 0 spiro atoms. The molecular formula is C20H14N2OS2. The number of aryl methyl sites for hydroxylation is 1. The van der Waals surface area contributed by atoms with Crippen LogP contribution in [0.4, 0.5) is 0 Å². The van der Waals surface area contributed by atoms with Gasteiger partial charge in [0.1, 0.15) is 10.7 Å². The Morgan fingerprint density at radius 1 is 1.24 bits per heavy atom. The Hall–Kier alpha value is -2.68. The summed E-state index contributed by atoms with van der Waals surface area (Å²) in [4.78, 5) is 19.8. The van der Waals surface area contributed by atoms with Crippen LogP contribution in [0.1, 0.15) is 5.56 Å². The Kier molecular flexibility index (Phi) is 4.00. The van der Waals surface area contributed by atoms with Gasteiger partial charge in [-0.25, -0.2) is 4.98 Å². The molecule has 4 aromatic rings. The molecule has 3 nitrogen and oxygen atoms in total. The molecule has 0 aliphatic carbocycles. The number of hydrogen-bond donors (Lipinski definition) is 0. The summed E-state index contributed by atoms with van der Waals surface area (Å²) in [5.41, 5.74) is 2.88. The van der Waals surface area contributed by atoms with E-state index in [9.17, 15) is 4.79 Å². The summed E-state index contributed by atoms with van der Waals surface area (Å²) >= 11 is 3.11. The van der Waals surface area contributed by atoms with Crippen LogP contribution in [0, 0.1) is 19.3 Å². The highest BCUT2D eigenvalue weighted by Crippen LogP contribution is 2.34. The normalized spacial score (nSPS) is 10.9. The number of terminal acetylenes is 1. The van der Waals surface area contributed by atoms with Crippen LogP contribution in [0.15, 0.2) is 52.0 Å². The minimum atomic E-state index is -0.0795. The first kappa shape index (κ1) is 15.8. The van der Waals surface area contributed by atoms with E-state index in [1.807, 2.05) is 54.1 Å². The van der Waals surface area contributed by atoms with E-state index in [0.29, 0.717) is 11.2 Å². The second kappa shape index (κ2) is 6.32. The molecule has 0 radical (unpaired) electrons. The van der Waals surface area contributed by atoms with E-state index in [1.165, 1.54) is 11.3 Å². The lowest BCUT2D eigenvalue weighted by molar-refractivity contribution is 0.796. The number of nitrogens with zero attached hydrogens (tertiary/aromatic N) is 2. The van der Waals surface area contributed by atoms with E-state index in [1.54, 1.807) is 15.9 Å². The lowest BCUT2D eigenvalue weighted by atomic mass is 10.1. The molecule has 0 aliphatic heterocycles. The molecule has 0 atom stereocenters. The summed E-state index contributed by atoms with van der Waals surface area (Å²) in [6.07, 6.45) is 5.53. The van der Waals surface area contributed by atoms with Crippen molar-refractivity contribution in [3.63, 3.8) is 0 Å². The maximum absolute atomic E-state index is 13.2. The number of thiophene rings is 2. The van der Waals surface area contributed by atoms with Crippen molar-refractivity contribution in [2.24, 2.45) is 0 Å². The van der Waals surface area contributed by atoms with E-state index in [0.717, 1.165) is 26.4 Å². The van der Waals surface area contributed by atoms with Crippen molar-refractivity contribution >= 4 is 32.9 Å². The molecule has 4 rings (SSSR count). The van der Waals surface area contributed by atoms with Crippen molar-refractivity contribution < 1.29 is 0 Å². The summed E-state index contributed by atoms with van der Waals surface area (Å²) in [5.74, 6) is 3.21. The Bertz CT molecular complexity index is 1160. The zero-order valence-electron chi connectivity index (χ0n) is 13.5. The number of fused-ring (bicyclic) bond motifs is 1. The maximum atomic E-state index is 13.2. The van der Waals surface area contributed by atoms with E-state index in [-0.39, 0.29) is 12.1 Å². The number of benzene rings is 1. The van der Waals surface area contributed by atoms with Gasteiger partial charge in [-0.3, -0.25) is 9.36 Å². The van der Waals surface area contributed by atoms with Gasteiger partial charge in [-0.2, -0.15) is 0 Å². The van der Waals surface area contributed by atoms with Crippen molar-refractivity contribution in [2.75, 3.05) is 0 Å².